The molecule has 0 radical (unpaired) electrons. The van der Waals surface area contributed by atoms with Crippen molar-refractivity contribution in [2.24, 2.45) is 0 Å². The van der Waals surface area contributed by atoms with Gasteiger partial charge in [0.05, 0.1) is 12.7 Å². The molecule has 0 atom stereocenters. The van der Waals surface area contributed by atoms with Crippen molar-refractivity contribution in [3.05, 3.63) is 29.6 Å². The van der Waals surface area contributed by atoms with Crippen LogP contribution in [0.4, 0.5) is 4.39 Å². The number of methoxy groups -OCH3 is 1. The summed E-state index contributed by atoms with van der Waals surface area (Å²) in [7, 11) is 1.37. The molecule has 0 aliphatic heterocycles. The number of alkyl halides is 1. The number of hydrogen-bond acceptors (Lipinski definition) is 2. The van der Waals surface area contributed by atoms with Gasteiger partial charge in [0.2, 0.25) is 0 Å². The minimum Gasteiger partial charge on any atom is -0.494 e. The minimum atomic E-state index is -0.582. The van der Waals surface area contributed by atoms with Crippen LogP contribution in [-0.4, -0.2) is 18.2 Å². The van der Waals surface area contributed by atoms with Crippen LogP contribution in [0, 0.1) is 5.82 Å². The van der Waals surface area contributed by atoms with Gasteiger partial charge in [-0.25, -0.2) is 4.39 Å². The van der Waals surface area contributed by atoms with Crippen LogP contribution < -0.4 is 4.74 Å². The number of rotatable bonds is 4. The highest BCUT2D eigenvalue weighted by molar-refractivity contribution is 9.09. The molecule has 0 N–H and O–H groups in total. The summed E-state index contributed by atoms with van der Waals surface area (Å²) < 4.78 is 18.3. The molecule has 1 aromatic carbocycles. The number of ether oxygens (including phenoxy) is 1. The van der Waals surface area contributed by atoms with Gasteiger partial charge in [0.25, 0.3) is 0 Å². The molecule has 0 spiro atoms. The lowest BCUT2D eigenvalue weighted by molar-refractivity contribution is 0.0985. The molecule has 14 heavy (non-hydrogen) atoms. The zero-order valence-electron chi connectivity index (χ0n) is 7.72. The molecule has 0 heterocycles. The first-order valence-electron chi connectivity index (χ1n) is 4.12. The maximum Gasteiger partial charge on any atom is 0.175 e. The van der Waals surface area contributed by atoms with Crippen molar-refractivity contribution in [2.75, 3.05) is 12.4 Å². The van der Waals surface area contributed by atoms with Gasteiger partial charge in [0.1, 0.15) is 0 Å². The molecule has 4 heteroatoms. The molecule has 76 valence electrons. The Hall–Kier alpha value is -0.900. The van der Waals surface area contributed by atoms with Crippen LogP contribution in [0.2, 0.25) is 0 Å². The SMILES string of the molecule is COc1cccc(C(=O)CCBr)c1F. The number of halogens is 2. The monoisotopic (exact) mass is 260 g/mol. The number of hydrogen-bond donors (Lipinski definition) is 0. The summed E-state index contributed by atoms with van der Waals surface area (Å²) in [5.74, 6) is -0.704. The Kier molecular flexibility index (Phi) is 4.07. The van der Waals surface area contributed by atoms with Gasteiger partial charge in [-0.15, -0.1) is 0 Å². The van der Waals surface area contributed by atoms with Crippen LogP contribution in [0.25, 0.3) is 0 Å². The largest absolute Gasteiger partial charge is 0.494 e. The standard InChI is InChI=1S/C10H10BrFO2/c1-14-9-4-2-3-7(10(9)12)8(13)5-6-11/h2-4H,5-6H2,1H3. The Bertz CT molecular complexity index is 339. The van der Waals surface area contributed by atoms with E-state index in [1.807, 2.05) is 0 Å². The maximum absolute atomic E-state index is 13.5. The Morgan fingerprint density at radius 1 is 1.57 bits per heavy atom. The third-order valence-electron chi connectivity index (χ3n) is 1.81. The minimum absolute atomic E-state index is 0.0869. The number of benzene rings is 1. The Morgan fingerprint density at radius 2 is 2.29 bits per heavy atom. The lowest BCUT2D eigenvalue weighted by Crippen LogP contribution is -2.04. The Labute approximate surface area is 90.2 Å². The summed E-state index contributed by atoms with van der Waals surface area (Å²) in [4.78, 5) is 11.4. The molecular formula is C10H10BrFO2. The first-order chi connectivity index (χ1) is 6.70. The second-order valence-electron chi connectivity index (χ2n) is 2.68. The van der Waals surface area contributed by atoms with E-state index >= 15 is 0 Å². The van der Waals surface area contributed by atoms with Gasteiger partial charge in [0, 0.05) is 11.8 Å². The second kappa shape index (κ2) is 5.10. The van der Waals surface area contributed by atoms with E-state index in [0.717, 1.165) is 0 Å². The zero-order valence-corrected chi connectivity index (χ0v) is 9.30. The molecule has 1 rings (SSSR count). The molecule has 1 aromatic rings. The van der Waals surface area contributed by atoms with Crippen molar-refractivity contribution in [3.8, 4) is 5.75 Å². The highest BCUT2D eigenvalue weighted by Crippen LogP contribution is 2.21. The van der Waals surface area contributed by atoms with E-state index in [-0.39, 0.29) is 23.5 Å². The van der Waals surface area contributed by atoms with Gasteiger partial charge in [-0.3, -0.25) is 4.79 Å². The van der Waals surface area contributed by atoms with Crippen molar-refractivity contribution in [1.82, 2.24) is 0 Å². The third kappa shape index (κ3) is 2.32. The topological polar surface area (TPSA) is 26.3 Å². The highest BCUT2D eigenvalue weighted by Gasteiger charge is 2.14. The molecule has 0 aliphatic carbocycles. The van der Waals surface area contributed by atoms with E-state index in [0.29, 0.717) is 5.33 Å². The number of carbonyl (C=O) groups excluding carboxylic acids is 1. The molecule has 0 unspecified atom stereocenters. The summed E-state index contributed by atoms with van der Waals surface area (Å²) in [6, 6.07) is 4.55. The fourth-order valence-corrected chi connectivity index (χ4v) is 1.46. The lowest BCUT2D eigenvalue weighted by atomic mass is 10.1. The summed E-state index contributed by atoms with van der Waals surface area (Å²) in [5, 5.41) is 0.530. The van der Waals surface area contributed by atoms with E-state index < -0.39 is 5.82 Å². The van der Waals surface area contributed by atoms with Crippen molar-refractivity contribution in [1.29, 1.82) is 0 Å². The zero-order chi connectivity index (χ0) is 10.6. The van der Waals surface area contributed by atoms with Gasteiger partial charge in [-0.05, 0) is 12.1 Å². The smallest absolute Gasteiger partial charge is 0.175 e. The first kappa shape index (κ1) is 11.2. The fourth-order valence-electron chi connectivity index (χ4n) is 1.10. The molecule has 2 nitrogen and oxygen atoms in total. The van der Waals surface area contributed by atoms with Crippen molar-refractivity contribution < 1.29 is 13.9 Å². The summed E-state index contributed by atoms with van der Waals surface area (Å²) in [6.45, 7) is 0. The van der Waals surface area contributed by atoms with E-state index in [9.17, 15) is 9.18 Å². The second-order valence-corrected chi connectivity index (χ2v) is 3.48. The van der Waals surface area contributed by atoms with E-state index in [1.54, 1.807) is 6.07 Å². The van der Waals surface area contributed by atoms with Gasteiger partial charge in [-0.1, -0.05) is 22.0 Å². The molecule has 0 saturated carbocycles. The van der Waals surface area contributed by atoms with Gasteiger partial charge < -0.3 is 4.74 Å². The van der Waals surface area contributed by atoms with Gasteiger partial charge >= 0.3 is 0 Å². The van der Waals surface area contributed by atoms with Crippen molar-refractivity contribution >= 4 is 21.7 Å². The van der Waals surface area contributed by atoms with Crippen LogP contribution >= 0.6 is 15.9 Å². The molecule has 0 aromatic heterocycles. The Morgan fingerprint density at radius 3 is 2.86 bits per heavy atom. The van der Waals surface area contributed by atoms with E-state index in [2.05, 4.69) is 15.9 Å². The highest BCUT2D eigenvalue weighted by atomic mass is 79.9. The third-order valence-corrected chi connectivity index (χ3v) is 2.20. The fraction of sp³-hybridized carbons (Fsp3) is 0.300. The summed E-state index contributed by atoms with van der Waals surface area (Å²) in [6.07, 6.45) is 0.282. The van der Waals surface area contributed by atoms with E-state index in [1.165, 1.54) is 19.2 Å². The van der Waals surface area contributed by atoms with E-state index in [4.69, 9.17) is 4.74 Å². The molecule has 0 aliphatic rings. The van der Waals surface area contributed by atoms with Crippen molar-refractivity contribution in [2.45, 2.75) is 6.42 Å². The molecule has 0 fully saturated rings. The quantitative estimate of drug-likeness (QED) is 0.615. The molecule has 0 bridgehead atoms. The van der Waals surface area contributed by atoms with Gasteiger partial charge in [-0.2, -0.15) is 0 Å². The number of carbonyl (C=O) groups is 1. The van der Waals surface area contributed by atoms with Crippen LogP contribution in [-0.2, 0) is 0 Å². The van der Waals surface area contributed by atoms with Crippen LogP contribution in [0.1, 0.15) is 16.8 Å². The first-order valence-corrected chi connectivity index (χ1v) is 5.24. The number of Topliss-reactive ketones (excluding diaryl/α,β-unsaturated/α-hetero) is 1. The summed E-state index contributed by atoms with van der Waals surface area (Å²) >= 11 is 3.13. The average molecular weight is 261 g/mol. The van der Waals surface area contributed by atoms with Crippen LogP contribution in [0.15, 0.2) is 18.2 Å². The predicted octanol–water partition coefficient (Wildman–Crippen LogP) is 2.80. The van der Waals surface area contributed by atoms with Crippen molar-refractivity contribution in [3.63, 3.8) is 0 Å². The molecule has 0 saturated heterocycles. The lowest BCUT2D eigenvalue weighted by Gasteiger charge is -2.05. The normalized spacial score (nSPS) is 9.93. The number of ketones is 1. The molecule has 0 amide bonds. The molecular weight excluding hydrogens is 251 g/mol. The Balaban J connectivity index is 3.03. The maximum atomic E-state index is 13.5. The van der Waals surface area contributed by atoms with Crippen LogP contribution in [0.5, 0.6) is 5.75 Å². The average Bonchev–Trinajstić information content (AvgIpc) is 2.18. The predicted molar refractivity (Wildman–Crippen MR) is 55.7 cm³/mol. The van der Waals surface area contributed by atoms with Gasteiger partial charge in [0.15, 0.2) is 17.3 Å². The van der Waals surface area contributed by atoms with Crippen LogP contribution in [0.3, 0.4) is 0 Å². The summed E-state index contributed by atoms with van der Waals surface area (Å²) in [5.41, 5.74) is 0.0869.